The molecule has 0 atom stereocenters. The lowest BCUT2D eigenvalue weighted by Crippen LogP contribution is -2.30. The topological polar surface area (TPSA) is 75.4 Å². The van der Waals surface area contributed by atoms with Crippen LogP contribution in [-0.2, 0) is 16.1 Å². The van der Waals surface area contributed by atoms with Crippen LogP contribution in [0.15, 0.2) is 40.9 Å². The Bertz CT molecular complexity index is 622. The zero-order chi connectivity index (χ0) is 15.2. The minimum Gasteiger partial charge on any atom is -0.360 e. The number of carbonyl (C=O) groups is 2. The fourth-order valence-electron chi connectivity index (χ4n) is 1.83. The van der Waals surface area contributed by atoms with Crippen LogP contribution < -0.4 is 5.32 Å². The number of hydrogen-bond acceptors (Lipinski definition) is 4. The number of nitrogens with zero attached hydrogens (tertiary/aromatic N) is 2. The molecule has 0 aliphatic carbocycles. The third kappa shape index (κ3) is 4.45. The summed E-state index contributed by atoms with van der Waals surface area (Å²) in [6.07, 6.45) is -0.227. The van der Waals surface area contributed by atoms with Crippen LogP contribution in [-0.4, -0.2) is 28.9 Å². The molecule has 1 N–H and O–H groups in total. The van der Waals surface area contributed by atoms with Gasteiger partial charge in [-0.15, -0.1) is 0 Å². The molecule has 0 fully saturated rings. The van der Waals surface area contributed by atoms with Crippen molar-refractivity contribution in [1.82, 2.24) is 10.1 Å². The van der Waals surface area contributed by atoms with Gasteiger partial charge in [-0.25, -0.2) is 0 Å². The summed E-state index contributed by atoms with van der Waals surface area (Å²) in [5.41, 5.74) is 1.01. The number of carbonyl (C=O) groups excluding carboxylic acids is 2. The van der Waals surface area contributed by atoms with E-state index in [9.17, 15) is 9.59 Å². The van der Waals surface area contributed by atoms with Gasteiger partial charge in [0.25, 0.3) is 0 Å². The first-order valence-corrected chi connectivity index (χ1v) is 6.55. The van der Waals surface area contributed by atoms with Crippen LogP contribution in [0.1, 0.15) is 17.7 Å². The van der Waals surface area contributed by atoms with E-state index in [1.54, 1.807) is 20.0 Å². The number of aromatic nitrogens is 1. The predicted molar refractivity (Wildman–Crippen MR) is 77.4 cm³/mol. The van der Waals surface area contributed by atoms with Crippen molar-refractivity contribution < 1.29 is 14.1 Å². The lowest BCUT2D eigenvalue weighted by molar-refractivity contribution is -0.134. The van der Waals surface area contributed by atoms with Crippen LogP contribution in [0, 0.1) is 6.92 Å². The van der Waals surface area contributed by atoms with Crippen LogP contribution in [0.3, 0.4) is 0 Å². The monoisotopic (exact) mass is 287 g/mol. The molecule has 2 rings (SSSR count). The number of hydrogen-bond donors (Lipinski definition) is 1. The Morgan fingerprint density at radius 3 is 2.62 bits per heavy atom. The van der Waals surface area contributed by atoms with Crippen LogP contribution >= 0.6 is 0 Å². The molecule has 2 aromatic rings. The Hall–Kier alpha value is -2.63. The number of anilines is 1. The van der Waals surface area contributed by atoms with Gasteiger partial charge in [-0.2, -0.15) is 0 Å². The van der Waals surface area contributed by atoms with Crippen molar-refractivity contribution in [3.05, 3.63) is 47.7 Å². The molecular formula is C15H17N3O3. The van der Waals surface area contributed by atoms with E-state index < -0.39 is 5.91 Å². The minimum absolute atomic E-state index is 0.227. The number of aryl methyl sites for hydroxylation is 1. The van der Waals surface area contributed by atoms with Crippen molar-refractivity contribution in [2.45, 2.75) is 19.9 Å². The second kappa shape index (κ2) is 6.69. The van der Waals surface area contributed by atoms with Crippen LogP contribution in [0.25, 0.3) is 0 Å². The van der Waals surface area contributed by atoms with Gasteiger partial charge in [-0.3, -0.25) is 9.59 Å². The molecule has 21 heavy (non-hydrogen) atoms. The summed E-state index contributed by atoms with van der Waals surface area (Å²) in [6.45, 7) is 2.19. The van der Waals surface area contributed by atoms with E-state index in [1.807, 2.05) is 30.3 Å². The first kappa shape index (κ1) is 14.8. The second-order valence-electron chi connectivity index (χ2n) is 4.78. The SMILES string of the molecule is Cc1cc(NC(=O)CC(=O)N(C)Cc2ccccc2)no1. The Kier molecular flexibility index (Phi) is 4.71. The fraction of sp³-hybridized carbons (Fsp3) is 0.267. The number of rotatable bonds is 5. The van der Waals surface area contributed by atoms with E-state index >= 15 is 0 Å². The molecule has 6 heteroatoms. The van der Waals surface area contributed by atoms with Crippen LogP contribution in [0.2, 0.25) is 0 Å². The molecule has 0 aliphatic heterocycles. The average Bonchev–Trinajstić information content (AvgIpc) is 2.84. The molecule has 0 spiro atoms. The highest BCUT2D eigenvalue weighted by Gasteiger charge is 2.15. The van der Waals surface area contributed by atoms with Gasteiger partial charge in [-0.05, 0) is 12.5 Å². The highest BCUT2D eigenvalue weighted by Crippen LogP contribution is 2.08. The quantitative estimate of drug-likeness (QED) is 0.853. The van der Waals surface area contributed by atoms with E-state index in [1.165, 1.54) is 4.90 Å². The molecule has 0 aliphatic rings. The third-order valence-electron chi connectivity index (χ3n) is 2.90. The summed E-state index contributed by atoms with van der Waals surface area (Å²) in [5, 5.41) is 6.16. The molecule has 2 amide bonds. The van der Waals surface area contributed by atoms with Crippen molar-refractivity contribution in [3.63, 3.8) is 0 Å². The minimum atomic E-state index is -0.409. The van der Waals surface area contributed by atoms with Gasteiger partial charge < -0.3 is 14.7 Å². The van der Waals surface area contributed by atoms with Gasteiger partial charge in [0.2, 0.25) is 11.8 Å². The van der Waals surface area contributed by atoms with Crippen molar-refractivity contribution in [3.8, 4) is 0 Å². The van der Waals surface area contributed by atoms with Gasteiger partial charge in [0.05, 0.1) is 0 Å². The van der Waals surface area contributed by atoms with E-state index in [4.69, 9.17) is 4.52 Å². The Morgan fingerprint density at radius 1 is 1.29 bits per heavy atom. The molecule has 0 saturated heterocycles. The van der Waals surface area contributed by atoms with Crippen LogP contribution in [0.4, 0.5) is 5.82 Å². The molecule has 0 saturated carbocycles. The first-order valence-electron chi connectivity index (χ1n) is 6.55. The summed E-state index contributed by atoms with van der Waals surface area (Å²) in [5.74, 6) is 0.249. The van der Waals surface area contributed by atoms with Gasteiger partial charge in [0.1, 0.15) is 12.2 Å². The van der Waals surface area contributed by atoms with Gasteiger partial charge >= 0.3 is 0 Å². The van der Waals surface area contributed by atoms with E-state index in [-0.39, 0.29) is 12.3 Å². The predicted octanol–water partition coefficient (Wildman–Crippen LogP) is 1.97. The number of benzene rings is 1. The second-order valence-corrected chi connectivity index (χ2v) is 4.78. The Balaban J connectivity index is 1.84. The maximum Gasteiger partial charge on any atom is 0.235 e. The maximum absolute atomic E-state index is 12.0. The summed E-state index contributed by atoms with van der Waals surface area (Å²) in [7, 11) is 1.67. The van der Waals surface area contributed by atoms with Gasteiger partial charge in [0.15, 0.2) is 5.82 Å². The van der Waals surface area contributed by atoms with E-state index in [0.717, 1.165) is 5.56 Å². The Labute approximate surface area is 122 Å². The number of amides is 2. The largest absolute Gasteiger partial charge is 0.360 e. The molecule has 0 unspecified atom stereocenters. The maximum atomic E-state index is 12.0. The van der Waals surface area contributed by atoms with E-state index in [2.05, 4.69) is 10.5 Å². The molecule has 1 heterocycles. The van der Waals surface area contributed by atoms with Crippen molar-refractivity contribution in [2.75, 3.05) is 12.4 Å². The molecule has 110 valence electrons. The lowest BCUT2D eigenvalue weighted by atomic mass is 10.2. The highest BCUT2D eigenvalue weighted by atomic mass is 16.5. The number of nitrogens with one attached hydrogen (secondary N) is 1. The average molecular weight is 287 g/mol. The molecule has 0 radical (unpaired) electrons. The Morgan fingerprint density at radius 2 is 2.00 bits per heavy atom. The molecule has 1 aromatic carbocycles. The smallest absolute Gasteiger partial charge is 0.235 e. The molecule has 6 nitrogen and oxygen atoms in total. The van der Waals surface area contributed by atoms with Gasteiger partial charge in [-0.1, -0.05) is 35.5 Å². The molecule has 1 aromatic heterocycles. The lowest BCUT2D eigenvalue weighted by Gasteiger charge is -2.16. The normalized spacial score (nSPS) is 10.2. The zero-order valence-corrected chi connectivity index (χ0v) is 12.0. The van der Waals surface area contributed by atoms with E-state index in [0.29, 0.717) is 18.1 Å². The van der Waals surface area contributed by atoms with Crippen molar-refractivity contribution >= 4 is 17.6 Å². The molecule has 0 bridgehead atoms. The summed E-state index contributed by atoms with van der Waals surface area (Å²) < 4.78 is 4.84. The third-order valence-corrected chi connectivity index (χ3v) is 2.90. The highest BCUT2D eigenvalue weighted by molar-refractivity contribution is 6.03. The fourth-order valence-corrected chi connectivity index (χ4v) is 1.83. The van der Waals surface area contributed by atoms with Crippen molar-refractivity contribution in [1.29, 1.82) is 0 Å². The summed E-state index contributed by atoms with van der Waals surface area (Å²) in [6, 6.07) is 11.2. The van der Waals surface area contributed by atoms with Crippen molar-refractivity contribution in [2.24, 2.45) is 0 Å². The molecular weight excluding hydrogens is 270 g/mol. The summed E-state index contributed by atoms with van der Waals surface area (Å²) >= 11 is 0. The van der Waals surface area contributed by atoms with Crippen LogP contribution in [0.5, 0.6) is 0 Å². The zero-order valence-electron chi connectivity index (χ0n) is 12.0. The first-order chi connectivity index (χ1) is 10.0. The standard InChI is InChI=1S/C15H17N3O3/c1-11-8-13(17-21-11)16-14(19)9-15(20)18(2)10-12-6-4-3-5-7-12/h3-8H,9-10H2,1-2H3,(H,16,17,19). The van der Waals surface area contributed by atoms with Gasteiger partial charge in [0, 0.05) is 19.7 Å². The summed E-state index contributed by atoms with van der Waals surface area (Å²) in [4.78, 5) is 25.2.